The third-order valence-electron chi connectivity index (χ3n) is 2.03. The molecule has 0 amide bonds. The standard InChI is InChI=1S/C11H12FN5OS/c1-2-18-10-14-9(17-13)15-11(16-10)19-8-6-4-3-5-7(8)12/h3-6H,2,13H2,1H3,(H,14,15,16,17). The number of anilines is 1. The molecule has 0 aliphatic carbocycles. The highest BCUT2D eigenvalue weighted by Crippen LogP contribution is 2.28. The number of halogens is 1. The van der Waals surface area contributed by atoms with Crippen LogP contribution in [0.25, 0.3) is 0 Å². The Labute approximate surface area is 113 Å². The van der Waals surface area contributed by atoms with Gasteiger partial charge in [-0.05, 0) is 30.8 Å². The van der Waals surface area contributed by atoms with Crippen LogP contribution >= 0.6 is 11.8 Å². The Morgan fingerprint density at radius 2 is 2.11 bits per heavy atom. The Hall–Kier alpha value is -1.93. The van der Waals surface area contributed by atoms with Gasteiger partial charge in [0.15, 0.2) is 0 Å². The average Bonchev–Trinajstić information content (AvgIpc) is 2.41. The lowest BCUT2D eigenvalue weighted by Gasteiger charge is -2.06. The summed E-state index contributed by atoms with van der Waals surface area (Å²) >= 11 is 1.07. The molecule has 0 saturated heterocycles. The van der Waals surface area contributed by atoms with Crippen molar-refractivity contribution in [2.45, 2.75) is 17.0 Å². The van der Waals surface area contributed by atoms with Crippen molar-refractivity contribution < 1.29 is 9.13 Å². The third-order valence-corrected chi connectivity index (χ3v) is 2.95. The number of hydrogen-bond acceptors (Lipinski definition) is 7. The molecule has 0 radical (unpaired) electrons. The van der Waals surface area contributed by atoms with Crippen LogP contribution in [0.15, 0.2) is 34.3 Å². The lowest BCUT2D eigenvalue weighted by atomic mass is 10.4. The van der Waals surface area contributed by atoms with Gasteiger partial charge in [-0.1, -0.05) is 12.1 Å². The molecule has 1 heterocycles. The van der Waals surface area contributed by atoms with Gasteiger partial charge in [0.2, 0.25) is 11.1 Å². The predicted molar refractivity (Wildman–Crippen MR) is 69.3 cm³/mol. The van der Waals surface area contributed by atoms with Crippen molar-refractivity contribution in [1.82, 2.24) is 15.0 Å². The Bertz CT molecular complexity index is 569. The van der Waals surface area contributed by atoms with Gasteiger partial charge in [-0.2, -0.15) is 15.0 Å². The summed E-state index contributed by atoms with van der Waals surface area (Å²) in [6, 6.07) is 6.50. The molecule has 2 aromatic rings. The molecule has 8 heteroatoms. The van der Waals surface area contributed by atoms with E-state index in [-0.39, 0.29) is 17.8 Å². The first-order valence-corrected chi connectivity index (χ1v) is 6.32. The smallest absolute Gasteiger partial charge is 0.322 e. The molecule has 3 N–H and O–H groups in total. The second kappa shape index (κ2) is 6.30. The number of hydrogen-bond donors (Lipinski definition) is 2. The molecule has 0 bridgehead atoms. The van der Waals surface area contributed by atoms with Crippen molar-refractivity contribution in [2.75, 3.05) is 12.0 Å². The molecular weight excluding hydrogens is 269 g/mol. The quantitative estimate of drug-likeness (QED) is 0.639. The first-order valence-electron chi connectivity index (χ1n) is 5.50. The number of ether oxygens (including phenoxy) is 1. The summed E-state index contributed by atoms with van der Waals surface area (Å²) in [4.78, 5) is 12.4. The summed E-state index contributed by atoms with van der Waals surface area (Å²) in [5.41, 5.74) is 2.32. The molecule has 100 valence electrons. The lowest BCUT2D eigenvalue weighted by molar-refractivity contribution is 0.308. The van der Waals surface area contributed by atoms with Crippen LogP contribution in [0.1, 0.15) is 6.92 Å². The van der Waals surface area contributed by atoms with Gasteiger partial charge in [-0.3, -0.25) is 5.43 Å². The molecule has 0 fully saturated rings. The minimum absolute atomic E-state index is 0.143. The van der Waals surface area contributed by atoms with Crippen LogP contribution in [-0.4, -0.2) is 21.6 Å². The summed E-state index contributed by atoms with van der Waals surface area (Å²) in [6.45, 7) is 2.22. The zero-order valence-corrected chi connectivity index (χ0v) is 10.9. The first kappa shape index (κ1) is 13.5. The Balaban J connectivity index is 2.29. The molecule has 0 aliphatic heterocycles. The van der Waals surface area contributed by atoms with Crippen LogP contribution < -0.4 is 16.0 Å². The predicted octanol–water partition coefficient (Wildman–Crippen LogP) is 1.85. The van der Waals surface area contributed by atoms with E-state index in [2.05, 4.69) is 20.4 Å². The van der Waals surface area contributed by atoms with Gasteiger partial charge >= 0.3 is 6.01 Å². The monoisotopic (exact) mass is 281 g/mol. The van der Waals surface area contributed by atoms with Gasteiger partial charge in [0.1, 0.15) is 5.82 Å². The fraction of sp³-hybridized carbons (Fsp3) is 0.182. The van der Waals surface area contributed by atoms with Crippen molar-refractivity contribution in [3.8, 4) is 6.01 Å². The number of nitrogen functional groups attached to an aromatic ring is 1. The summed E-state index contributed by atoms with van der Waals surface area (Å²) in [5, 5.41) is 0.302. The minimum atomic E-state index is -0.340. The van der Waals surface area contributed by atoms with Gasteiger partial charge in [0.05, 0.1) is 11.5 Å². The van der Waals surface area contributed by atoms with Crippen molar-refractivity contribution >= 4 is 17.7 Å². The molecule has 6 nitrogen and oxygen atoms in total. The Kier molecular flexibility index (Phi) is 4.48. The summed E-state index contributed by atoms with van der Waals surface area (Å²) in [5.74, 6) is 5.09. The Morgan fingerprint density at radius 3 is 2.79 bits per heavy atom. The van der Waals surface area contributed by atoms with Crippen molar-refractivity contribution in [2.24, 2.45) is 5.84 Å². The van der Waals surface area contributed by atoms with Gasteiger partial charge in [-0.15, -0.1) is 0 Å². The molecule has 0 unspecified atom stereocenters. The van der Waals surface area contributed by atoms with Gasteiger partial charge in [0, 0.05) is 0 Å². The molecule has 2 rings (SSSR count). The number of nitrogens with one attached hydrogen (secondary N) is 1. The zero-order valence-electron chi connectivity index (χ0n) is 10.1. The highest BCUT2D eigenvalue weighted by atomic mass is 32.2. The molecule has 1 aromatic heterocycles. The zero-order chi connectivity index (χ0) is 13.7. The number of benzene rings is 1. The largest absolute Gasteiger partial charge is 0.464 e. The molecule has 19 heavy (non-hydrogen) atoms. The van der Waals surface area contributed by atoms with E-state index in [0.29, 0.717) is 16.7 Å². The summed E-state index contributed by atoms with van der Waals surface area (Å²) in [7, 11) is 0. The second-order valence-electron chi connectivity index (χ2n) is 3.33. The number of hydrazine groups is 1. The number of rotatable bonds is 5. The maximum Gasteiger partial charge on any atom is 0.322 e. The molecule has 0 spiro atoms. The van der Waals surface area contributed by atoms with Gasteiger partial charge < -0.3 is 4.74 Å². The molecular formula is C11H12FN5OS. The Morgan fingerprint density at radius 1 is 1.32 bits per heavy atom. The second-order valence-corrected chi connectivity index (χ2v) is 4.34. The first-order chi connectivity index (χ1) is 9.22. The SMILES string of the molecule is CCOc1nc(NN)nc(Sc2ccccc2F)n1. The highest BCUT2D eigenvalue weighted by Gasteiger charge is 2.10. The third kappa shape index (κ3) is 3.52. The molecule has 0 aliphatic rings. The van der Waals surface area contributed by atoms with Crippen LogP contribution in [0.2, 0.25) is 0 Å². The molecule has 0 atom stereocenters. The van der Waals surface area contributed by atoms with Crippen LogP contribution in [-0.2, 0) is 0 Å². The van der Waals surface area contributed by atoms with Crippen LogP contribution in [0, 0.1) is 5.82 Å². The van der Waals surface area contributed by atoms with Crippen molar-refractivity contribution in [3.63, 3.8) is 0 Å². The van der Waals surface area contributed by atoms with Crippen LogP contribution in [0.4, 0.5) is 10.3 Å². The maximum absolute atomic E-state index is 13.5. The maximum atomic E-state index is 13.5. The van der Waals surface area contributed by atoms with E-state index in [1.807, 2.05) is 6.92 Å². The summed E-state index contributed by atoms with van der Waals surface area (Å²) in [6.07, 6.45) is 0. The number of aromatic nitrogens is 3. The van der Waals surface area contributed by atoms with E-state index in [0.717, 1.165) is 11.8 Å². The molecule has 0 saturated carbocycles. The van der Waals surface area contributed by atoms with E-state index in [4.69, 9.17) is 10.6 Å². The number of nitrogens with two attached hydrogens (primary N) is 1. The average molecular weight is 281 g/mol. The van der Waals surface area contributed by atoms with Crippen LogP contribution in [0.5, 0.6) is 6.01 Å². The topological polar surface area (TPSA) is 86.0 Å². The molecule has 1 aromatic carbocycles. The fourth-order valence-corrected chi connectivity index (χ4v) is 2.03. The fourth-order valence-electron chi connectivity index (χ4n) is 1.27. The van der Waals surface area contributed by atoms with E-state index in [1.54, 1.807) is 18.2 Å². The van der Waals surface area contributed by atoms with Gasteiger partial charge in [-0.25, -0.2) is 10.2 Å². The lowest BCUT2D eigenvalue weighted by Crippen LogP contribution is -2.12. The van der Waals surface area contributed by atoms with Gasteiger partial charge in [0.25, 0.3) is 0 Å². The van der Waals surface area contributed by atoms with Crippen molar-refractivity contribution in [3.05, 3.63) is 30.1 Å². The van der Waals surface area contributed by atoms with E-state index >= 15 is 0 Å². The highest BCUT2D eigenvalue weighted by molar-refractivity contribution is 7.99. The van der Waals surface area contributed by atoms with Crippen LogP contribution in [0.3, 0.4) is 0 Å². The van der Waals surface area contributed by atoms with E-state index in [1.165, 1.54) is 6.07 Å². The van der Waals surface area contributed by atoms with E-state index < -0.39 is 0 Å². The summed E-state index contributed by atoms with van der Waals surface area (Å²) < 4.78 is 18.7. The van der Waals surface area contributed by atoms with E-state index in [9.17, 15) is 4.39 Å². The number of nitrogens with zero attached hydrogens (tertiary/aromatic N) is 3. The normalized spacial score (nSPS) is 10.3. The van der Waals surface area contributed by atoms with Crippen molar-refractivity contribution in [1.29, 1.82) is 0 Å². The minimum Gasteiger partial charge on any atom is -0.464 e.